The molecule has 0 aromatic rings. The summed E-state index contributed by atoms with van der Waals surface area (Å²) in [5.74, 6) is 0.638. The molecular formula is C9H11N. The van der Waals surface area contributed by atoms with Crippen LogP contribution in [-0.2, 0) is 0 Å². The zero-order valence-electron chi connectivity index (χ0n) is 5.96. The molecule has 1 aliphatic carbocycles. The number of allylic oxidation sites excluding steroid dienone is 3. The van der Waals surface area contributed by atoms with E-state index < -0.39 is 0 Å². The van der Waals surface area contributed by atoms with E-state index in [0.717, 1.165) is 13.0 Å². The van der Waals surface area contributed by atoms with Crippen LogP contribution >= 0.6 is 0 Å². The SMILES string of the molecule is C1=CCC2C=NCCC2=C1. The first kappa shape index (κ1) is 5.90. The summed E-state index contributed by atoms with van der Waals surface area (Å²) < 4.78 is 0. The standard InChI is InChI=1S/C9H11N/c1-2-4-9-7-10-6-5-8(9)3-1/h1-3,7,9H,4-6H2. The van der Waals surface area contributed by atoms with Crippen LogP contribution in [0.5, 0.6) is 0 Å². The van der Waals surface area contributed by atoms with Gasteiger partial charge in [-0.1, -0.05) is 23.8 Å². The molecule has 1 aliphatic heterocycles. The first-order chi connectivity index (χ1) is 4.97. The van der Waals surface area contributed by atoms with Crippen molar-refractivity contribution in [2.45, 2.75) is 12.8 Å². The molecule has 0 aromatic heterocycles. The number of rotatable bonds is 0. The van der Waals surface area contributed by atoms with Gasteiger partial charge in [-0.15, -0.1) is 0 Å². The third-order valence-electron chi connectivity index (χ3n) is 2.13. The molecule has 0 bridgehead atoms. The van der Waals surface area contributed by atoms with Crippen molar-refractivity contribution in [2.75, 3.05) is 6.54 Å². The highest BCUT2D eigenvalue weighted by Gasteiger charge is 2.14. The molecule has 0 amide bonds. The first-order valence-electron chi connectivity index (χ1n) is 3.82. The molecule has 2 aliphatic rings. The number of hydrogen-bond acceptors (Lipinski definition) is 1. The fourth-order valence-electron chi connectivity index (χ4n) is 1.51. The third kappa shape index (κ3) is 0.919. The van der Waals surface area contributed by atoms with Crippen molar-refractivity contribution in [1.82, 2.24) is 0 Å². The van der Waals surface area contributed by atoms with Gasteiger partial charge in [-0.25, -0.2) is 0 Å². The number of aliphatic imine (C=N–C) groups is 1. The average molecular weight is 133 g/mol. The second-order valence-electron chi connectivity index (χ2n) is 2.82. The molecule has 52 valence electrons. The topological polar surface area (TPSA) is 12.4 Å². The zero-order valence-corrected chi connectivity index (χ0v) is 5.96. The minimum absolute atomic E-state index is 0.638. The van der Waals surface area contributed by atoms with E-state index in [1.165, 1.54) is 6.42 Å². The third-order valence-corrected chi connectivity index (χ3v) is 2.13. The number of nitrogens with zero attached hydrogens (tertiary/aromatic N) is 1. The molecule has 0 radical (unpaired) electrons. The second-order valence-corrected chi connectivity index (χ2v) is 2.82. The van der Waals surface area contributed by atoms with Crippen molar-refractivity contribution in [3.63, 3.8) is 0 Å². The summed E-state index contributed by atoms with van der Waals surface area (Å²) in [5.41, 5.74) is 1.57. The van der Waals surface area contributed by atoms with Crippen LogP contribution < -0.4 is 0 Å². The van der Waals surface area contributed by atoms with Crippen molar-refractivity contribution in [2.24, 2.45) is 10.9 Å². The summed E-state index contributed by atoms with van der Waals surface area (Å²) in [7, 11) is 0. The molecule has 0 spiro atoms. The summed E-state index contributed by atoms with van der Waals surface area (Å²) in [6.45, 7) is 0.996. The summed E-state index contributed by atoms with van der Waals surface area (Å²) in [6, 6.07) is 0. The van der Waals surface area contributed by atoms with Crippen LogP contribution in [0.1, 0.15) is 12.8 Å². The summed E-state index contributed by atoms with van der Waals surface area (Å²) >= 11 is 0. The predicted octanol–water partition coefficient (Wildman–Crippen LogP) is 1.96. The molecule has 0 saturated heterocycles. The lowest BCUT2D eigenvalue weighted by Crippen LogP contribution is -2.12. The maximum atomic E-state index is 4.26. The first-order valence-corrected chi connectivity index (χ1v) is 3.82. The van der Waals surface area contributed by atoms with Crippen molar-refractivity contribution in [3.8, 4) is 0 Å². The highest BCUT2D eigenvalue weighted by Crippen LogP contribution is 2.24. The maximum absolute atomic E-state index is 4.26. The van der Waals surface area contributed by atoms with Crippen molar-refractivity contribution in [1.29, 1.82) is 0 Å². The lowest BCUT2D eigenvalue weighted by molar-refractivity contribution is 0.726. The normalized spacial score (nSPS) is 29.6. The van der Waals surface area contributed by atoms with Crippen LogP contribution in [0.3, 0.4) is 0 Å². The molecule has 1 heterocycles. The lowest BCUT2D eigenvalue weighted by Gasteiger charge is -2.20. The Morgan fingerprint density at radius 1 is 1.50 bits per heavy atom. The second kappa shape index (κ2) is 2.41. The summed E-state index contributed by atoms with van der Waals surface area (Å²) in [6.07, 6.45) is 11.0. The lowest BCUT2D eigenvalue weighted by atomic mass is 9.89. The molecule has 0 saturated carbocycles. The van der Waals surface area contributed by atoms with Gasteiger partial charge in [0.05, 0.1) is 0 Å². The van der Waals surface area contributed by atoms with Gasteiger partial charge < -0.3 is 0 Å². The van der Waals surface area contributed by atoms with Gasteiger partial charge in [-0.2, -0.15) is 0 Å². The van der Waals surface area contributed by atoms with Gasteiger partial charge in [0.1, 0.15) is 0 Å². The Labute approximate surface area is 61.2 Å². The van der Waals surface area contributed by atoms with E-state index >= 15 is 0 Å². The van der Waals surface area contributed by atoms with Crippen molar-refractivity contribution < 1.29 is 0 Å². The van der Waals surface area contributed by atoms with E-state index in [2.05, 4.69) is 29.4 Å². The van der Waals surface area contributed by atoms with Crippen molar-refractivity contribution >= 4 is 6.21 Å². The van der Waals surface area contributed by atoms with Crippen LogP contribution in [0.25, 0.3) is 0 Å². The Morgan fingerprint density at radius 3 is 3.40 bits per heavy atom. The van der Waals surface area contributed by atoms with Crippen LogP contribution in [0.4, 0.5) is 0 Å². The number of fused-ring (bicyclic) bond motifs is 1. The monoisotopic (exact) mass is 133 g/mol. The highest BCUT2D eigenvalue weighted by atomic mass is 14.7. The molecule has 0 aromatic carbocycles. The van der Waals surface area contributed by atoms with Gasteiger partial charge in [0, 0.05) is 18.7 Å². The molecule has 1 nitrogen and oxygen atoms in total. The Morgan fingerprint density at radius 2 is 2.50 bits per heavy atom. The van der Waals surface area contributed by atoms with E-state index in [-0.39, 0.29) is 0 Å². The van der Waals surface area contributed by atoms with E-state index in [1.54, 1.807) is 5.57 Å². The van der Waals surface area contributed by atoms with Gasteiger partial charge in [-0.05, 0) is 12.8 Å². The van der Waals surface area contributed by atoms with E-state index in [0.29, 0.717) is 5.92 Å². The smallest absolute Gasteiger partial charge is 0.0423 e. The van der Waals surface area contributed by atoms with Gasteiger partial charge in [0.15, 0.2) is 0 Å². The minimum atomic E-state index is 0.638. The molecule has 0 fully saturated rings. The Hall–Kier alpha value is -0.850. The fraction of sp³-hybridized carbons (Fsp3) is 0.444. The van der Waals surface area contributed by atoms with E-state index in [9.17, 15) is 0 Å². The van der Waals surface area contributed by atoms with Gasteiger partial charge in [-0.3, -0.25) is 4.99 Å². The van der Waals surface area contributed by atoms with Crippen LogP contribution in [0.15, 0.2) is 28.8 Å². The minimum Gasteiger partial charge on any atom is -0.297 e. The molecule has 1 heteroatoms. The Balaban J connectivity index is 2.26. The number of hydrogen-bond donors (Lipinski definition) is 0. The van der Waals surface area contributed by atoms with Gasteiger partial charge in [0.2, 0.25) is 0 Å². The molecule has 0 N–H and O–H groups in total. The maximum Gasteiger partial charge on any atom is 0.0423 e. The molecular weight excluding hydrogens is 122 g/mol. The van der Waals surface area contributed by atoms with Crippen LogP contribution in [-0.4, -0.2) is 12.8 Å². The van der Waals surface area contributed by atoms with Crippen LogP contribution in [0.2, 0.25) is 0 Å². The Kier molecular flexibility index (Phi) is 1.42. The van der Waals surface area contributed by atoms with Crippen molar-refractivity contribution in [3.05, 3.63) is 23.8 Å². The van der Waals surface area contributed by atoms with E-state index in [4.69, 9.17) is 0 Å². The van der Waals surface area contributed by atoms with Gasteiger partial charge in [0.25, 0.3) is 0 Å². The summed E-state index contributed by atoms with van der Waals surface area (Å²) in [5, 5.41) is 0. The molecule has 2 rings (SSSR count). The average Bonchev–Trinajstić information content (AvgIpc) is 2.05. The van der Waals surface area contributed by atoms with E-state index in [1.807, 2.05) is 0 Å². The quantitative estimate of drug-likeness (QED) is 0.479. The zero-order chi connectivity index (χ0) is 6.81. The molecule has 1 unspecified atom stereocenters. The van der Waals surface area contributed by atoms with Crippen LogP contribution in [0, 0.1) is 5.92 Å². The Bertz CT molecular complexity index is 211. The fourth-order valence-corrected chi connectivity index (χ4v) is 1.51. The largest absolute Gasteiger partial charge is 0.297 e. The van der Waals surface area contributed by atoms with Gasteiger partial charge >= 0.3 is 0 Å². The predicted molar refractivity (Wildman–Crippen MR) is 43.3 cm³/mol. The summed E-state index contributed by atoms with van der Waals surface area (Å²) in [4.78, 5) is 4.26. The molecule has 10 heavy (non-hydrogen) atoms. The highest BCUT2D eigenvalue weighted by molar-refractivity contribution is 5.67. The molecule has 1 atom stereocenters.